The molecule has 2 heterocycles. The van der Waals surface area contributed by atoms with Gasteiger partial charge in [-0.2, -0.15) is 0 Å². The number of rotatable bonds is 4. The molecule has 1 aromatic heterocycles. The van der Waals surface area contributed by atoms with E-state index in [-0.39, 0.29) is 17.4 Å². The molecular formula is C15H25N5O. The van der Waals surface area contributed by atoms with Gasteiger partial charge in [0.25, 0.3) is 0 Å². The van der Waals surface area contributed by atoms with Gasteiger partial charge in [-0.1, -0.05) is 20.8 Å². The van der Waals surface area contributed by atoms with Crippen LogP contribution in [0, 0.1) is 0 Å². The number of nitrogens with two attached hydrogens (primary N) is 1. The number of hydrogen-bond acceptors (Lipinski definition) is 5. The van der Waals surface area contributed by atoms with Crippen LogP contribution >= 0.6 is 0 Å². The Hall–Kier alpha value is -1.85. The van der Waals surface area contributed by atoms with Crippen molar-refractivity contribution in [3.8, 4) is 0 Å². The van der Waals surface area contributed by atoms with Crippen molar-refractivity contribution in [2.45, 2.75) is 52.0 Å². The standard InChI is InChI=1S/C15H25N5O/c1-5-17-11-9-12(19-14(18-11)15(2,3)4)20-8-6-7-10(20)13(16)21/h9-10H,5-8H2,1-4H3,(H2,16,21)(H,17,18,19). The van der Waals surface area contributed by atoms with Crippen LogP contribution in [0.3, 0.4) is 0 Å². The summed E-state index contributed by atoms with van der Waals surface area (Å²) in [7, 11) is 0. The van der Waals surface area contributed by atoms with Crippen molar-refractivity contribution in [2.24, 2.45) is 5.73 Å². The lowest BCUT2D eigenvalue weighted by Gasteiger charge is -2.26. The topological polar surface area (TPSA) is 84.1 Å². The highest BCUT2D eigenvalue weighted by atomic mass is 16.1. The fourth-order valence-corrected chi connectivity index (χ4v) is 2.53. The number of nitrogens with zero attached hydrogens (tertiary/aromatic N) is 3. The predicted octanol–water partition coefficient (Wildman–Crippen LogP) is 1.66. The van der Waals surface area contributed by atoms with E-state index in [2.05, 4.69) is 36.1 Å². The van der Waals surface area contributed by atoms with Gasteiger partial charge < -0.3 is 16.0 Å². The number of carbonyl (C=O) groups excluding carboxylic acids is 1. The second-order valence-corrected chi connectivity index (χ2v) is 6.47. The summed E-state index contributed by atoms with van der Waals surface area (Å²) in [5.41, 5.74) is 5.36. The zero-order valence-electron chi connectivity index (χ0n) is 13.3. The van der Waals surface area contributed by atoms with E-state index in [4.69, 9.17) is 5.73 Å². The molecule has 0 aliphatic carbocycles. The van der Waals surface area contributed by atoms with Gasteiger partial charge in [-0.05, 0) is 19.8 Å². The van der Waals surface area contributed by atoms with E-state index in [1.165, 1.54) is 0 Å². The molecule has 3 N–H and O–H groups in total. The first-order valence-corrected chi connectivity index (χ1v) is 7.52. The van der Waals surface area contributed by atoms with Crippen molar-refractivity contribution in [2.75, 3.05) is 23.3 Å². The molecular weight excluding hydrogens is 266 g/mol. The van der Waals surface area contributed by atoms with Crippen molar-refractivity contribution >= 4 is 17.5 Å². The Labute approximate surface area is 126 Å². The normalized spacial score (nSPS) is 18.9. The van der Waals surface area contributed by atoms with Crippen LogP contribution in [-0.4, -0.2) is 35.0 Å². The summed E-state index contributed by atoms with van der Waals surface area (Å²) < 4.78 is 0. The molecule has 1 atom stereocenters. The molecule has 1 aromatic rings. The number of carbonyl (C=O) groups is 1. The molecule has 1 aliphatic heterocycles. The highest BCUT2D eigenvalue weighted by Gasteiger charge is 2.31. The van der Waals surface area contributed by atoms with Gasteiger partial charge in [0.2, 0.25) is 5.91 Å². The Morgan fingerprint density at radius 3 is 2.76 bits per heavy atom. The van der Waals surface area contributed by atoms with Crippen molar-refractivity contribution in [1.82, 2.24) is 9.97 Å². The van der Waals surface area contributed by atoms with E-state index in [1.807, 2.05) is 17.9 Å². The second kappa shape index (κ2) is 5.87. The lowest BCUT2D eigenvalue weighted by Crippen LogP contribution is -2.41. The van der Waals surface area contributed by atoms with Crippen LogP contribution in [0.2, 0.25) is 0 Å². The van der Waals surface area contributed by atoms with Gasteiger partial charge in [0.15, 0.2) is 0 Å². The van der Waals surface area contributed by atoms with Crippen LogP contribution in [0.1, 0.15) is 46.4 Å². The Morgan fingerprint density at radius 2 is 2.19 bits per heavy atom. The molecule has 1 unspecified atom stereocenters. The molecule has 6 nitrogen and oxygen atoms in total. The van der Waals surface area contributed by atoms with E-state index in [0.717, 1.165) is 43.4 Å². The smallest absolute Gasteiger partial charge is 0.240 e. The molecule has 1 fully saturated rings. The van der Waals surface area contributed by atoms with Gasteiger partial charge in [0.05, 0.1) is 0 Å². The lowest BCUT2D eigenvalue weighted by molar-refractivity contribution is -0.119. The van der Waals surface area contributed by atoms with E-state index in [0.29, 0.717) is 0 Å². The van der Waals surface area contributed by atoms with Crippen LogP contribution < -0.4 is 16.0 Å². The molecule has 1 aliphatic rings. The molecule has 1 amide bonds. The summed E-state index contributed by atoms with van der Waals surface area (Å²) in [5, 5.41) is 3.23. The maximum Gasteiger partial charge on any atom is 0.240 e. The average molecular weight is 291 g/mol. The molecule has 0 saturated carbocycles. The number of amides is 1. The first-order chi connectivity index (χ1) is 9.82. The molecule has 0 bridgehead atoms. The summed E-state index contributed by atoms with van der Waals surface area (Å²) in [6.07, 6.45) is 1.75. The van der Waals surface area contributed by atoms with Crippen LogP contribution in [0.15, 0.2) is 6.07 Å². The predicted molar refractivity (Wildman–Crippen MR) is 84.5 cm³/mol. The van der Waals surface area contributed by atoms with Gasteiger partial charge in [0.1, 0.15) is 23.5 Å². The van der Waals surface area contributed by atoms with Crippen LogP contribution in [0.4, 0.5) is 11.6 Å². The quantitative estimate of drug-likeness (QED) is 0.881. The second-order valence-electron chi connectivity index (χ2n) is 6.47. The number of primary amides is 1. The van der Waals surface area contributed by atoms with Gasteiger partial charge in [0, 0.05) is 24.6 Å². The minimum Gasteiger partial charge on any atom is -0.370 e. The van der Waals surface area contributed by atoms with Gasteiger partial charge in [-0.3, -0.25) is 4.79 Å². The largest absolute Gasteiger partial charge is 0.370 e. The van der Waals surface area contributed by atoms with Gasteiger partial charge in [-0.25, -0.2) is 9.97 Å². The molecule has 2 rings (SSSR count). The summed E-state index contributed by atoms with van der Waals surface area (Å²) in [4.78, 5) is 22.8. The van der Waals surface area contributed by atoms with Crippen LogP contribution in [0.25, 0.3) is 0 Å². The third-order valence-corrected chi connectivity index (χ3v) is 3.62. The Bertz CT molecular complexity index is 523. The summed E-state index contributed by atoms with van der Waals surface area (Å²) in [6, 6.07) is 1.64. The van der Waals surface area contributed by atoms with Crippen molar-refractivity contribution in [1.29, 1.82) is 0 Å². The third kappa shape index (κ3) is 3.43. The molecule has 0 radical (unpaired) electrons. The number of nitrogens with one attached hydrogen (secondary N) is 1. The fourth-order valence-electron chi connectivity index (χ4n) is 2.53. The molecule has 116 valence electrons. The van der Waals surface area contributed by atoms with E-state index in [1.54, 1.807) is 0 Å². The van der Waals surface area contributed by atoms with Crippen LogP contribution in [-0.2, 0) is 10.2 Å². The van der Waals surface area contributed by atoms with Crippen molar-refractivity contribution in [3.63, 3.8) is 0 Å². The maximum absolute atomic E-state index is 11.6. The fraction of sp³-hybridized carbons (Fsp3) is 0.667. The minimum absolute atomic E-state index is 0.151. The first kappa shape index (κ1) is 15.5. The first-order valence-electron chi connectivity index (χ1n) is 7.52. The summed E-state index contributed by atoms with van der Waals surface area (Å²) in [5.74, 6) is 2.06. The highest BCUT2D eigenvalue weighted by molar-refractivity contribution is 5.84. The molecule has 0 aromatic carbocycles. The number of aromatic nitrogens is 2. The zero-order valence-corrected chi connectivity index (χ0v) is 13.3. The SMILES string of the molecule is CCNc1cc(N2CCCC2C(N)=O)nc(C(C)(C)C)n1. The molecule has 1 saturated heterocycles. The molecule has 6 heteroatoms. The van der Waals surface area contributed by atoms with Crippen LogP contribution in [0.5, 0.6) is 0 Å². The lowest BCUT2D eigenvalue weighted by atomic mass is 9.96. The van der Waals surface area contributed by atoms with Crippen molar-refractivity contribution in [3.05, 3.63) is 11.9 Å². The zero-order chi connectivity index (χ0) is 15.6. The number of hydrogen-bond donors (Lipinski definition) is 2. The molecule has 0 spiro atoms. The third-order valence-electron chi connectivity index (χ3n) is 3.62. The van der Waals surface area contributed by atoms with Gasteiger partial charge in [-0.15, -0.1) is 0 Å². The minimum atomic E-state index is -0.284. The summed E-state index contributed by atoms with van der Waals surface area (Å²) in [6.45, 7) is 9.87. The monoisotopic (exact) mass is 291 g/mol. The average Bonchev–Trinajstić information content (AvgIpc) is 2.87. The highest BCUT2D eigenvalue weighted by Crippen LogP contribution is 2.28. The van der Waals surface area contributed by atoms with E-state index >= 15 is 0 Å². The Balaban J connectivity index is 2.42. The summed E-state index contributed by atoms with van der Waals surface area (Å²) >= 11 is 0. The van der Waals surface area contributed by atoms with E-state index < -0.39 is 0 Å². The Kier molecular flexibility index (Phi) is 4.34. The Morgan fingerprint density at radius 1 is 1.48 bits per heavy atom. The molecule has 21 heavy (non-hydrogen) atoms. The maximum atomic E-state index is 11.6. The van der Waals surface area contributed by atoms with Crippen molar-refractivity contribution < 1.29 is 4.79 Å². The van der Waals surface area contributed by atoms with Gasteiger partial charge >= 0.3 is 0 Å². The number of anilines is 2. The van der Waals surface area contributed by atoms with E-state index in [9.17, 15) is 4.79 Å².